The molecule has 1 aromatic rings. The van der Waals surface area contributed by atoms with E-state index in [-0.39, 0.29) is 0 Å². The van der Waals surface area contributed by atoms with Crippen molar-refractivity contribution in [1.29, 1.82) is 5.26 Å². The molecule has 0 aliphatic heterocycles. The van der Waals surface area contributed by atoms with Crippen molar-refractivity contribution in [3.05, 3.63) is 35.4 Å². The molecule has 0 radical (unpaired) electrons. The zero-order valence-corrected chi connectivity index (χ0v) is 12.4. The fraction of sp³-hybridized carbons (Fsp3) is 0.588. The van der Waals surface area contributed by atoms with Crippen LogP contribution in [0.4, 0.5) is 0 Å². The number of rotatable bonds is 8. The second-order valence-electron chi connectivity index (χ2n) is 5.20. The molecule has 1 rings (SSSR count). The highest BCUT2D eigenvalue weighted by Gasteiger charge is 2.11. The average molecular weight is 258 g/mol. The van der Waals surface area contributed by atoms with Gasteiger partial charge >= 0.3 is 0 Å². The molecule has 2 unspecified atom stereocenters. The van der Waals surface area contributed by atoms with Crippen LogP contribution in [0, 0.1) is 11.3 Å². The highest BCUT2D eigenvalue weighted by atomic mass is 14.9. The van der Waals surface area contributed by atoms with E-state index < -0.39 is 0 Å². The van der Waals surface area contributed by atoms with E-state index in [9.17, 15) is 0 Å². The number of aryl methyl sites for hydroxylation is 1. The van der Waals surface area contributed by atoms with E-state index in [0.29, 0.717) is 18.5 Å². The SMILES string of the molecule is CCCCc1ccc(C(C)NC(CC)CC#N)cc1. The first-order valence-electron chi connectivity index (χ1n) is 7.43. The molecule has 0 fully saturated rings. The van der Waals surface area contributed by atoms with Crippen molar-refractivity contribution in [2.24, 2.45) is 0 Å². The van der Waals surface area contributed by atoms with Crippen LogP contribution in [-0.2, 0) is 6.42 Å². The van der Waals surface area contributed by atoms with Gasteiger partial charge in [-0.05, 0) is 37.3 Å². The van der Waals surface area contributed by atoms with Gasteiger partial charge in [0.05, 0.1) is 12.5 Å². The van der Waals surface area contributed by atoms with Gasteiger partial charge in [0.1, 0.15) is 0 Å². The quantitative estimate of drug-likeness (QED) is 0.751. The summed E-state index contributed by atoms with van der Waals surface area (Å²) in [5, 5.41) is 12.3. The number of nitriles is 1. The normalized spacial score (nSPS) is 13.8. The highest BCUT2D eigenvalue weighted by molar-refractivity contribution is 5.25. The van der Waals surface area contributed by atoms with Crippen molar-refractivity contribution in [3.8, 4) is 6.07 Å². The van der Waals surface area contributed by atoms with Crippen LogP contribution in [0.5, 0.6) is 0 Å². The fourth-order valence-corrected chi connectivity index (χ4v) is 2.23. The molecule has 104 valence electrons. The van der Waals surface area contributed by atoms with Crippen LogP contribution >= 0.6 is 0 Å². The molecule has 0 amide bonds. The summed E-state index contributed by atoms with van der Waals surface area (Å²) < 4.78 is 0. The standard InChI is InChI=1S/C17H26N2/c1-4-6-7-15-8-10-16(11-9-15)14(3)19-17(5-2)12-13-18/h8-11,14,17,19H,4-7,12H2,1-3H3. The lowest BCUT2D eigenvalue weighted by Gasteiger charge is -2.20. The number of hydrogen-bond donors (Lipinski definition) is 1. The predicted molar refractivity (Wildman–Crippen MR) is 80.9 cm³/mol. The first kappa shape index (κ1) is 15.7. The van der Waals surface area contributed by atoms with Crippen molar-refractivity contribution < 1.29 is 0 Å². The number of nitrogens with one attached hydrogen (secondary N) is 1. The average Bonchev–Trinajstić information content (AvgIpc) is 2.45. The van der Waals surface area contributed by atoms with Crippen LogP contribution in [0.2, 0.25) is 0 Å². The zero-order valence-electron chi connectivity index (χ0n) is 12.4. The maximum absolute atomic E-state index is 8.78. The number of nitrogens with zero attached hydrogens (tertiary/aromatic N) is 1. The van der Waals surface area contributed by atoms with Gasteiger partial charge in [-0.2, -0.15) is 5.26 Å². The van der Waals surface area contributed by atoms with E-state index >= 15 is 0 Å². The number of benzene rings is 1. The first-order valence-corrected chi connectivity index (χ1v) is 7.43. The molecule has 1 N–H and O–H groups in total. The lowest BCUT2D eigenvalue weighted by Crippen LogP contribution is -2.30. The Labute approximate surface area is 117 Å². The van der Waals surface area contributed by atoms with Gasteiger partial charge in [-0.25, -0.2) is 0 Å². The summed E-state index contributed by atoms with van der Waals surface area (Å²) in [6.07, 6.45) is 5.24. The van der Waals surface area contributed by atoms with E-state index in [2.05, 4.69) is 56.4 Å². The third kappa shape index (κ3) is 5.44. The highest BCUT2D eigenvalue weighted by Crippen LogP contribution is 2.16. The molecule has 19 heavy (non-hydrogen) atoms. The van der Waals surface area contributed by atoms with Crippen molar-refractivity contribution in [1.82, 2.24) is 5.32 Å². The Bertz CT molecular complexity index is 389. The minimum absolute atomic E-state index is 0.291. The zero-order chi connectivity index (χ0) is 14.1. The fourth-order valence-electron chi connectivity index (χ4n) is 2.23. The van der Waals surface area contributed by atoms with Gasteiger partial charge in [0.2, 0.25) is 0 Å². The number of hydrogen-bond acceptors (Lipinski definition) is 2. The maximum Gasteiger partial charge on any atom is 0.0638 e. The lowest BCUT2D eigenvalue weighted by molar-refractivity contribution is 0.448. The van der Waals surface area contributed by atoms with E-state index in [0.717, 1.165) is 6.42 Å². The van der Waals surface area contributed by atoms with Gasteiger partial charge in [0.15, 0.2) is 0 Å². The third-order valence-corrected chi connectivity index (χ3v) is 3.61. The van der Waals surface area contributed by atoms with Gasteiger partial charge in [-0.1, -0.05) is 44.5 Å². The smallest absolute Gasteiger partial charge is 0.0638 e. The summed E-state index contributed by atoms with van der Waals surface area (Å²) in [4.78, 5) is 0. The van der Waals surface area contributed by atoms with Gasteiger partial charge < -0.3 is 5.32 Å². The van der Waals surface area contributed by atoms with E-state index in [1.165, 1.54) is 30.4 Å². The topological polar surface area (TPSA) is 35.8 Å². The van der Waals surface area contributed by atoms with Crippen LogP contribution in [0.25, 0.3) is 0 Å². The monoisotopic (exact) mass is 258 g/mol. The molecule has 0 aliphatic rings. The molecule has 0 aromatic heterocycles. The first-order chi connectivity index (χ1) is 9.21. The minimum atomic E-state index is 0.291. The summed E-state index contributed by atoms with van der Waals surface area (Å²) in [6.45, 7) is 6.51. The van der Waals surface area contributed by atoms with Crippen LogP contribution in [0.3, 0.4) is 0 Å². The van der Waals surface area contributed by atoms with Crippen LogP contribution < -0.4 is 5.32 Å². The van der Waals surface area contributed by atoms with Crippen LogP contribution in [0.1, 0.15) is 63.6 Å². The second-order valence-corrected chi connectivity index (χ2v) is 5.20. The van der Waals surface area contributed by atoms with E-state index in [4.69, 9.17) is 5.26 Å². The van der Waals surface area contributed by atoms with Gasteiger partial charge in [0, 0.05) is 12.1 Å². The molecule has 2 heteroatoms. The molecular weight excluding hydrogens is 232 g/mol. The van der Waals surface area contributed by atoms with E-state index in [1.807, 2.05) is 0 Å². The second kappa shape index (κ2) is 8.72. The molecular formula is C17H26N2. The van der Waals surface area contributed by atoms with Crippen molar-refractivity contribution in [2.75, 3.05) is 0 Å². The molecule has 2 nitrogen and oxygen atoms in total. The van der Waals surface area contributed by atoms with E-state index in [1.54, 1.807) is 0 Å². The molecule has 0 spiro atoms. The van der Waals surface area contributed by atoms with Crippen molar-refractivity contribution in [2.45, 2.75) is 65.0 Å². The molecule has 0 heterocycles. The third-order valence-electron chi connectivity index (χ3n) is 3.61. The lowest BCUT2D eigenvalue weighted by atomic mass is 10.0. The Kier molecular flexibility index (Phi) is 7.22. The molecule has 0 aliphatic carbocycles. The summed E-state index contributed by atoms with van der Waals surface area (Å²) in [7, 11) is 0. The summed E-state index contributed by atoms with van der Waals surface area (Å²) >= 11 is 0. The predicted octanol–water partition coefficient (Wildman–Crippen LogP) is 4.37. The Morgan fingerprint density at radius 1 is 1.21 bits per heavy atom. The molecule has 0 saturated carbocycles. The Morgan fingerprint density at radius 2 is 1.89 bits per heavy atom. The van der Waals surface area contributed by atoms with Crippen LogP contribution in [0.15, 0.2) is 24.3 Å². The summed E-state index contributed by atoms with van der Waals surface area (Å²) in [6, 6.07) is 11.7. The number of unbranched alkanes of at least 4 members (excludes halogenated alkanes) is 1. The summed E-state index contributed by atoms with van der Waals surface area (Å²) in [5.41, 5.74) is 2.72. The largest absolute Gasteiger partial charge is 0.306 e. The Morgan fingerprint density at radius 3 is 2.42 bits per heavy atom. The minimum Gasteiger partial charge on any atom is -0.306 e. The maximum atomic E-state index is 8.78. The Hall–Kier alpha value is -1.33. The van der Waals surface area contributed by atoms with Crippen LogP contribution in [-0.4, -0.2) is 6.04 Å². The van der Waals surface area contributed by atoms with Gasteiger partial charge in [0.25, 0.3) is 0 Å². The molecule has 1 aromatic carbocycles. The van der Waals surface area contributed by atoms with Gasteiger partial charge in [-0.3, -0.25) is 0 Å². The molecule has 0 bridgehead atoms. The van der Waals surface area contributed by atoms with Crippen molar-refractivity contribution in [3.63, 3.8) is 0 Å². The Balaban J connectivity index is 2.57. The van der Waals surface area contributed by atoms with Gasteiger partial charge in [-0.15, -0.1) is 0 Å². The van der Waals surface area contributed by atoms with Crippen molar-refractivity contribution >= 4 is 0 Å². The summed E-state index contributed by atoms with van der Waals surface area (Å²) in [5.74, 6) is 0. The molecule has 2 atom stereocenters. The molecule has 0 saturated heterocycles.